The van der Waals surface area contributed by atoms with Gasteiger partial charge < -0.3 is 19.4 Å². The van der Waals surface area contributed by atoms with Crippen molar-refractivity contribution in [2.24, 2.45) is 5.92 Å². The van der Waals surface area contributed by atoms with Gasteiger partial charge >= 0.3 is 0 Å². The predicted molar refractivity (Wildman–Crippen MR) is 120 cm³/mol. The van der Waals surface area contributed by atoms with Crippen molar-refractivity contribution >= 4 is 17.6 Å². The van der Waals surface area contributed by atoms with Gasteiger partial charge in [0.25, 0.3) is 5.91 Å². The Morgan fingerprint density at radius 2 is 2.09 bits per heavy atom. The largest absolute Gasteiger partial charge is 0.484 e. The van der Waals surface area contributed by atoms with Crippen molar-refractivity contribution in [1.82, 2.24) is 9.88 Å². The first-order valence-corrected chi connectivity index (χ1v) is 10.8. The van der Waals surface area contributed by atoms with Crippen molar-refractivity contribution in [3.63, 3.8) is 0 Å². The van der Waals surface area contributed by atoms with Crippen molar-refractivity contribution in [2.75, 3.05) is 18.4 Å². The number of carbonyl (C=O) groups is 2. The van der Waals surface area contributed by atoms with E-state index in [1.807, 2.05) is 19.1 Å². The first-order valence-electron chi connectivity index (χ1n) is 10.8. The van der Waals surface area contributed by atoms with Crippen LogP contribution in [0.15, 0.2) is 59.1 Å². The maximum absolute atomic E-state index is 13.0. The molecule has 1 fully saturated rings. The van der Waals surface area contributed by atoms with Crippen LogP contribution in [0.1, 0.15) is 40.3 Å². The molecule has 1 aromatic carbocycles. The fourth-order valence-electron chi connectivity index (χ4n) is 3.77. The Hall–Kier alpha value is -4.12. The molecule has 1 aliphatic heterocycles. The van der Waals surface area contributed by atoms with E-state index in [-0.39, 0.29) is 30.1 Å². The van der Waals surface area contributed by atoms with Crippen LogP contribution in [0.5, 0.6) is 5.75 Å². The first kappa shape index (κ1) is 22.1. The lowest BCUT2D eigenvalue weighted by molar-refractivity contribution is -0.121. The van der Waals surface area contributed by atoms with E-state index >= 15 is 0 Å². The van der Waals surface area contributed by atoms with E-state index < -0.39 is 0 Å². The minimum absolute atomic E-state index is 0.0976. The van der Waals surface area contributed by atoms with Crippen LogP contribution in [-0.4, -0.2) is 34.8 Å². The number of hydrogen-bond acceptors (Lipinski definition) is 6. The zero-order chi connectivity index (χ0) is 23.2. The van der Waals surface area contributed by atoms with E-state index in [0.29, 0.717) is 42.4 Å². The number of anilines is 1. The fourth-order valence-corrected chi connectivity index (χ4v) is 3.77. The van der Waals surface area contributed by atoms with Gasteiger partial charge in [0, 0.05) is 19.3 Å². The molecule has 168 valence electrons. The monoisotopic (exact) mass is 444 g/mol. The number of pyridine rings is 1. The summed E-state index contributed by atoms with van der Waals surface area (Å²) in [6.07, 6.45) is 3.07. The van der Waals surface area contributed by atoms with Crippen LogP contribution in [0.4, 0.5) is 5.82 Å². The Labute approximate surface area is 191 Å². The number of hydrogen-bond donors (Lipinski definition) is 1. The lowest BCUT2D eigenvalue weighted by atomic mass is 9.97. The average molecular weight is 444 g/mol. The van der Waals surface area contributed by atoms with Crippen molar-refractivity contribution in [2.45, 2.75) is 26.4 Å². The number of likely N-dealkylation sites (tertiary alicyclic amines) is 1. The third-order valence-electron chi connectivity index (χ3n) is 5.58. The minimum Gasteiger partial charge on any atom is -0.484 e. The molecule has 1 unspecified atom stereocenters. The number of amides is 2. The summed E-state index contributed by atoms with van der Waals surface area (Å²) in [5, 5.41) is 12.0. The second-order valence-corrected chi connectivity index (χ2v) is 7.91. The standard InChI is InChI=1S/C25H24N4O4/c1-17-6-4-12-27-23(17)28-24(30)19-8-5-13-29(15-19)25(31)22-11-10-20(33-22)16-32-21-9-3-2-7-18(21)14-26/h2-4,6-7,9-12,19H,5,8,13,15-16H2,1H3,(H,27,28,30). The molecule has 4 rings (SSSR count). The lowest BCUT2D eigenvalue weighted by Crippen LogP contribution is -2.43. The van der Waals surface area contributed by atoms with E-state index in [0.717, 1.165) is 12.0 Å². The third kappa shape index (κ3) is 5.21. The number of ether oxygens (including phenoxy) is 1. The van der Waals surface area contributed by atoms with Gasteiger partial charge in [0.15, 0.2) is 5.76 Å². The Morgan fingerprint density at radius 1 is 1.24 bits per heavy atom. The molecule has 0 saturated carbocycles. The normalized spacial score (nSPS) is 15.5. The van der Waals surface area contributed by atoms with Gasteiger partial charge in [-0.1, -0.05) is 18.2 Å². The first-order chi connectivity index (χ1) is 16.0. The molecule has 3 heterocycles. The second-order valence-electron chi connectivity index (χ2n) is 7.91. The van der Waals surface area contributed by atoms with Gasteiger partial charge in [-0.15, -0.1) is 0 Å². The Bertz CT molecular complexity index is 1200. The molecule has 1 N–H and O–H groups in total. The van der Waals surface area contributed by atoms with E-state index in [1.54, 1.807) is 47.5 Å². The van der Waals surface area contributed by atoms with Gasteiger partial charge in [-0.05, 0) is 55.7 Å². The molecule has 1 saturated heterocycles. The zero-order valence-corrected chi connectivity index (χ0v) is 18.3. The van der Waals surface area contributed by atoms with Gasteiger partial charge in [-0.25, -0.2) is 4.98 Å². The second kappa shape index (κ2) is 10.0. The molecule has 1 aliphatic rings. The smallest absolute Gasteiger partial charge is 0.289 e. The highest BCUT2D eigenvalue weighted by atomic mass is 16.5. The summed E-state index contributed by atoms with van der Waals surface area (Å²) >= 11 is 0. The highest BCUT2D eigenvalue weighted by molar-refractivity contribution is 5.94. The van der Waals surface area contributed by atoms with E-state index in [4.69, 9.17) is 14.4 Å². The van der Waals surface area contributed by atoms with Gasteiger partial charge in [-0.2, -0.15) is 5.26 Å². The Morgan fingerprint density at radius 3 is 2.91 bits per heavy atom. The molecule has 8 heteroatoms. The summed E-state index contributed by atoms with van der Waals surface area (Å²) in [7, 11) is 0. The van der Waals surface area contributed by atoms with Gasteiger partial charge in [-0.3, -0.25) is 9.59 Å². The van der Waals surface area contributed by atoms with Crippen molar-refractivity contribution < 1.29 is 18.7 Å². The number of furan rings is 1. The number of aromatic nitrogens is 1. The molecule has 0 bridgehead atoms. The van der Waals surface area contributed by atoms with E-state index in [1.165, 1.54) is 0 Å². The number of piperidine rings is 1. The summed E-state index contributed by atoms with van der Waals surface area (Å²) in [5.41, 5.74) is 1.32. The molecule has 2 aromatic heterocycles. The van der Waals surface area contributed by atoms with Gasteiger partial charge in [0.1, 0.15) is 30.0 Å². The van der Waals surface area contributed by atoms with Crippen LogP contribution in [0.2, 0.25) is 0 Å². The molecule has 33 heavy (non-hydrogen) atoms. The quantitative estimate of drug-likeness (QED) is 0.617. The number of nitrogens with zero attached hydrogens (tertiary/aromatic N) is 3. The van der Waals surface area contributed by atoms with Gasteiger partial charge in [0.2, 0.25) is 5.91 Å². The van der Waals surface area contributed by atoms with Crippen LogP contribution in [0.25, 0.3) is 0 Å². The maximum Gasteiger partial charge on any atom is 0.289 e. The third-order valence-corrected chi connectivity index (χ3v) is 5.58. The SMILES string of the molecule is Cc1cccnc1NC(=O)C1CCCN(C(=O)c2ccc(COc3ccccc3C#N)o2)C1. The highest BCUT2D eigenvalue weighted by Crippen LogP contribution is 2.23. The van der Waals surface area contributed by atoms with Crippen LogP contribution >= 0.6 is 0 Å². The van der Waals surface area contributed by atoms with Crippen LogP contribution in [-0.2, 0) is 11.4 Å². The molecular weight excluding hydrogens is 420 g/mol. The molecule has 0 aliphatic carbocycles. The van der Waals surface area contributed by atoms with Crippen molar-refractivity contribution in [3.05, 3.63) is 77.4 Å². The summed E-state index contributed by atoms with van der Waals surface area (Å²) in [6.45, 7) is 2.86. The number of benzene rings is 1. The summed E-state index contributed by atoms with van der Waals surface area (Å²) < 4.78 is 11.4. The van der Waals surface area contributed by atoms with Crippen molar-refractivity contribution in [1.29, 1.82) is 5.26 Å². The molecule has 3 aromatic rings. The van der Waals surface area contributed by atoms with Crippen LogP contribution < -0.4 is 10.1 Å². The van der Waals surface area contributed by atoms with Crippen molar-refractivity contribution in [3.8, 4) is 11.8 Å². The fraction of sp³-hybridized carbons (Fsp3) is 0.280. The molecule has 2 amide bonds. The molecule has 8 nitrogen and oxygen atoms in total. The summed E-state index contributed by atoms with van der Waals surface area (Å²) in [4.78, 5) is 31.6. The highest BCUT2D eigenvalue weighted by Gasteiger charge is 2.30. The molecule has 0 radical (unpaired) electrons. The predicted octanol–water partition coefficient (Wildman–Crippen LogP) is 3.92. The zero-order valence-electron chi connectivity index (χ0n) is 18.3. The van der Waals surface area contributed by atoms with Crippen LogP contribution in [0, 0.1) is 24.2 Å². The van der Waals surface area contributed by atoms with Gasteiger partial charge in [0.05, 0.1) is 11.5 Å². The van der Waals surface area contributed by atoms with E-state index in [2.05, 4.69) is 16.4 Å². The Balaban J connectivity index is 1.36. The summed E-state index contributed by atoms with van der Waals surface area (Å²) in [6, 6.07) is 16.0. The van der Waals surface area contributed by atoms with E-state index in [9.17, 15) is 9.59 Å². The Kier molecular flexibility index (Phi) is 6.69. The minimum atomic E-state index is -0.315. The molecule has 1 atom stereocenters. The molecule has 0 spiro atoms. The number of rotatable bonds is 6. The number of para-hydroxylation sites is 1. The average Bonchev–Trinajstić information content (AvgIpc) is 3.33. The van der Waals surface area contributed by atoms with Crippen LogP contribution in [0.3, 0.4) is 0 Å². The number of nitriles is 1. The number of aryl methyl sites for hydroxylation is 1. The summed E-state index contributed by atoms with van der Waals surface area (Å²) in [5.74, 6) is 0.956. The number of carbonyl (C=O) groups excluding carboxylic acids is 2. The maximum atomic E-state index is 13.0. The lowest BCUT2D eigenvalue weighted by Gasteiger charge is -2.31. The topological polar surface area (TPSA) is 108 Å². The number of nitrogens with one attached hydrogen (secondary N) is 1. The molecular formula is C25H24N4O4.